The van der Waals surface area contributed by atoms with E-state index in [-0.39, 0.29) is 17.2 Å². The zero-order valence-corrected chi connectivity index (χ0v) is 15.8. The number of aromatic nitrogens is 2. The lowest BCUT2D eigenvalue weighted by Crippen LogP contribution is -2.40. The van der Waals surface area contributed by atoms with Crippen LogP contribution in [0, 0.1) is 0 Å². The Balaban J connectivity index is 1.68. The summed E-state index contributed by atoms with van der Waals surface area (Å²) < 4.78 is 5.67. The van der Waals surface area contributed by atoms with Crippen molar-refractivity contribution in [1.29, 1.82) is 0 Å². The lowest BCUT2D eigenvalue weighted by molar-refractivity contribution is -0.142. The minimum absolute atomic E-state index is 0.0208. The van der Waals surface area contributed by atoms with Gasteiger partial charge in [0, 0.05) is 24.0 Å². The van der Waals surface area contributed by atoms with Gasteiger partial charge in [0.15, 0.2) is 5.69 Å². The first-order valence-electron chi connectivity index (χ1n) is 9.67. The van der Waals surface area contributed by atoms with E-state index in [1.807, 2.05) is 6.07 Å². The Hall–Kier alpha value is -3.48. The SMILES string of the molecule is O=C(O[C@H](C(=O)N1CCCCC1)c1ccccc1)c1n[nH]c(=O)c2ccccc12. The molecule has 1 aliphatic rings. The number of fused-ring (bicyclic) bond motifs is 1. The lowest BCUT2D eigenvalue weighted by Gasteiger charge is -2.30. The first kappa shape index (κ1) is 18.9. The number of H-pyrrole nitrogens is 1. The molecule has 0 aliphatic carbocycles. The quantitative estimate of drug-likeness (QED) is 0.691. The van der Waals surface area contributed by atoms with Crippen LogP contribution < -0.4 is 5.56 Å². The fraction of sp³-hybridized carbons (Fsp3) is 0.273. The number of nitrogens with one attached hydrogen (secondary N) is 1. The molecule has 2 aromatic carbocycles. The molecule has 0 bridgehead atoms. The number of piperidine rings is 1. The monoisotopic (exact) mass is 391 g/mol. The molecule has 0 spiro atoms. The highest BCUT2D eigenvalue weighted by Crippen LogP contribution is 2.25. The largest absolute Gasteiger partial charge is 0.442 e. The Kier molecular flexibility index (Phi) is 5.37. The number of hydrogen-bond donors (Lipinski definition) is 1. The van der Waals surface area contributed by atoms with Gasteiger partial charge in [-0.05, 0) is 25.3 Å². The molecule has 4 rings (SSSR count). The Bertz CT molecular complexity index is 1090. The minimum Gasteiger partial charge on any atom is -0.442 e. The molecule has 7 nitrogen and oxygen atoms in total. The third kappa shape index (κ3) is 3.89. The van der Waals surface area contributed by atoms with Crippen LogP contribution in [0.2, 0.25) is 0 Å². The fourth-order valence-corrected chi connectivity index (χ4v) is 3.60. The van der Waals surface area contributed by atoms with Gasteiger partial charge in [0.2, 0.25) is 6.10 Å². The third-order valence-corrected chi connectivity index (χ3v) is 5.11. The standard InChI is InChI=1S/C22H21N3O4/c26-20-17-12-6-5-11-16(17)18(23-24-20)22(28)29-19(15-9-3-1-4-10-15)21(27)25-13-7-2-8-14-25/h1,3-6,9-12,19H,2,7-8,13-14H2,(H,24,26)/t19-/m0/s1. The topological polar surface area (TPSA) is 92.4 Å². The number of hydrogen-bond acceptors (Lipinski definition) is 5. The number of aromatic amines is 1. The van der Waals surface area contributed by atoms with E-state index in [9.17, 15) is 14.4 Å². The number of ether oxygens (including phenoxy) is 1. The van der Waals surface area contributed by atoms with Crippen LogP contribution >= 0.6 is 0 Å². The average molecular weight is 391 g/mol. The number of likely N-dealkylation sites (tertiary alicyclic amines) is 1. The molecule has 1 atom stereocenters. The molecule has 29 heavy (non-hydrogen) atoms. The summed E-state index contributed by atoms with van der Waals surface area (Å²) >= 11 is 0. The van der Waals surface area contributed by atoms with Gasteiger partial charge >= 0.3 is 5.97 Å². The highest BCUT2D eigenvalue weighted by atomic mass is 16.5. The van der Waals surface area contributed by atoms with Crippen LogP contribution in [-0.4, -0.2) is 40.1 Å². The number of rotatable bonds is 4. The van der Waals surface area contributed by atoms with Crippen molar-refractivity contribution in [1.82, 2.24) is 15.1 Å². The van der Waals surface area contributed by atoms with Gasteiger partial charge in [-0.3, -0.25) is 9.59 Å². The van der Waals surface area contributed by atoms with Gasteiger partial charge in [0.1, 0.15) is 0 Å². The normalized spacial score (nSPS) is 15.1. The van der Waals surface area contributed by atoms with E-state index in [0.29, 0.717) is 29.4 Å². The van der Waals surface area contributed by atoms with Gasteiger partial charge in [-0.2, -0.15) is 5.10 Å². The van der Waals surface area contributed by atoms with Gasteiger partial charge in [0.05, 0.1) is 5.39 Å². The van der Waals surface area contributed by atoms with Crippen LogP contribution in [0.4, 0.5) is 0 Å². The molecule has 148 valence electrons. The Labute approximate surface area is 167 Å². The molecule has 1 aliphatic heterocycles. The molecule has 3 aromatic rings. The van der Waals surface area contributed by atoms with E-state index in [2.05, 4.69) is 10.2 Å². The van der Waals surface area contributed by atoms with E-state index in [4.69, 9.17) is 4.74 Å². The van der Waals surface area contributed by atoms with Gasteiger partial charge in [-0.15, -0.1) is 0 Å². The number of carbonyl (C=O) groups excluding carboxylic acids is 2. The highest BCUT2D eigenvalue weighted by molar-refractivity contribution is 6.02. The van der Waals surface area contributed by atoms with Gasteiger partial charge in [-0.1, -0.05) is 48.5 Å². The van der Waals surface area contributed by atoms with Crippen molar-refractivity contribution in [2.75, 3.05) is 13.1 Å². The van der Waals surface area contributed by atoms with Crippen molar-refractivity contribution in [3.63, 3.8) is 0 Å². The van der Waals surface area contributed by atoms with Crippen LogP contribution in [0.1, 0.15) is 41.4 Å². The van der Waals surface area contributed by atoms with E-state index in [1.54, 1.807) is 53.4 Å². The molecule has 1 aromatic heterocycles. The summed E-state index contributed by atoms with van der Waals surface area (Å²) in [5.41, 5.74) is 0.193. The molecule has 1 saturated heterocycles. The zero-order chi connectivity index (χ0) is 20.2. The Morgan fingerprint density at radius 3 is 2.31 bits per heavy atom. The predicted molar refractivity (Wildman–Crippen MR) is 107 cm³/mol. The van der Waals surface area contributed by atoms with Crippen molar-refractivity contribution >= 4 is 22.6 Å². The second-order valence-corrected chi connectivity index (χ2v) is 7.03. The second kappa shape index (κ2) is 8.26. The molecule has 0 saturated carbocycles. The summed E-state index contributed by atoms with van der Waals surface area (Å²) in [4.78, 5) is 39.8. The van der Waals surface area contributed by atoms with Crippen LogP contribution in [0.5, 0.6) is 0 Å². The molecular weight excluding hydrogens is 370 g/mol. The van der Waals surface area contributed by atoms with Crippen molar-refractivity contribution in [2.45, 2.75) is 25.4 Å². The first-order chi connectivity index (χ1) is 14.1. The van der Waals surface area contributed by atoms with Gasteiger partial charge in [0.25, 0.3) is 11.5 Å². The van der Waals surface area contributed by atoms with Crippen LogP contribution in [-0.2, 0) is 9.53 Å². The van der Waals surface area contributed by atoms with Gasteiger partial charge < -0.3 is 9.64 Å². The molecular formula is C22H21N3O4. The van der Waals surface area contributed by atoms with Crippen LogP contribution in [0.15, 0.2) is 59.4 Å². The summed E-state index contributed by atoms with van der Waals surface area (Å²) in [5, 5.41) is 6.94. The number of amides is 1. The number of carbonyl (C=O) groups is 2. The van der Waals surface area contributed by atoms with Gasteiger partial charge in [-0.25, -0.2) is 9.89 Å². The first-order valence-corrected chi connectivity index (χ1v) is 9.67. The summed E-state index contributed by atoms with van der Waals surface area (Å²) in [6.07, 6.45) is 1.90. The van der Waals surface area contributed by atoms with E-state index in [1.165, 1.54) is 0 Å². The summed E-state index contributed by atoms with van der Waals surface area (Å²) in [7, 11) is 0. The van der Waals surface area contributed by atoms with E-state index >= 15 is 0 Å². The van der Waals surface area contributed by atoms with Crippen LogP contribution in [0.3, 0.4) is 0 Å². The third-order valence-electron chi connectivity index (χ3n) is 5.11. The maximum atomic E-state index is 13.2. The summed E-state index contributed by atoms with van der Waals surface area (Å²) in [6.45, 7) is 1.30. The predicted octanol–water partition coefficient (Wildman–Crippen LogP) is 2.83. The van der Waals surface area contributed by atoms with E-state index < -0.39 is 12.1 Å². The highest BCUT2D eigenvalue weighted by Gasteiger charge is 2.31. The van der Waals surface area contributed by atoms with Crippen molar-refractivity contribution < 1.29 is 14.3 Å². The Morgan fingerprint density at radius 1 is 0.931 bits per heavy atom. The molecule has 2 heterocycles. The second-order valence-electron chi connectivity index (χ2n) is 7.03. The zero-order valence-electron chi connectivity index (χ0n) is 15.8. The molecule has 1 fully saturated rings. The lowest BCUT2D eigenvalue weighted by atomic mass is 10.1. The fourth-order valence-electron chi connectivity index (χ4n) is 3.60. The summed E-state index contributed by atoms with van der Waals surface area (Å²) in [6, 6.07) is 15.6. The number of esters is 1. The van der Waals surface area contributed by atoms with Crippen LogP contribution in [0.25, 0.3) is 10.8 Å². The molecule has 0 radical (unpaired) electrons. The van der Waals surface area contributed by atoms with E-state index in [0.717, 1.165) is 19.3 Å². The smallest absolute Gasteiger partial charge is 0.360 e. The minimum atomic E-state index is -1.06. The molecule has 1 N–H and O–H groups in total. The molecule has 7 heteroatoms. The van der Waals surface area contributed by atoms with Crippen molar-refractivity contribution in [3.05, 3.63) is 76.2 Å². The number of benzene rings is 2. The number of nitrogens with zero attached hydrogens (tertiary/aromatic N) is 2. The maximum absolute atomic E-state index is 13.2. The molecule has 0 unspecified atom stereocenters. The van der Waals surface area contributed by atoms with Crippen molar-refractivity contribution in [2.24, 2.45) is 0 Å². The Morgan fingerprint density at radius 2 is 1.59 bits per heavy atom. The summed E-state index contributed by atoms with van der Waals surface area (Å²) in [5.74, 6) is -0.991. The van der Waals surface area contributed by atoms with Crippen molar-refractivity contribution in [3.8, 4) is 0 Å². The average Bonchev–Trinajstić information content (AvgIpc) is 2.78. The maximum Gasteiger partial charge on any atom is 0.360 e. The molecule has 1 amide bonds.